The van der Waals surface area contributed by atoms with E-state index in [1.54, 1.807) is 22.0 Å². The first kappa shape index (κ1) is 17.6. The Labute approximate surface area is 166 Å². The van der Waals surface area contributed by atoms with Crippen LogP contribution in [0.3, 0.4) is 0 Å². The van der Waals surface area contributed by atoms with Gasteiger partial charge in [-0.3, -0.25) is 9.48 Å². The molecule has 1 amide bonds. The van der Waals surface area contributed by atoms with E-state index in [1.807, 2.05) is 49.5 Å². The Balaban J connectivity index is 1.49. The molecule has 0 radical (unpaired) electrons. The van der Waals surface area contributed by atoms with Crippen LogP contribution in [0.15, 0.2) is 59.4 Å². The van der Waals surface area contributed by atoms with E-state index in [0.717, 1.165) is 16.3 Å². The van der Waals surface area contributed by atoms with E-state index < -0.39 is 6.04 Å². The number of carbonyl (C=O) groups excluding carboxylic acids is 1. The van der Waals surface area contributed by atoms with E-state index in [0.29, 0.717) is 37.0 Å². The van der Waals surface area contributed by atoms with Gasteiger partial charge in [0.15, 0.2) is 5.82 Å². The van der Waals surface area contributed by atoms with Crippen LogP contribution in [0.4, 0.5) is 0 Å². The predicted octanol–water partition coefficient (Wildman–Crippen LogP) is 2.84. The number of hydrogen-bond acceptors (Lipinski definition) is 6. The zero-order chi connectivity index (χ0) is 19.8. The molecule has 8 nitrogen and oxygen atoms in total. The van der Waals surface area contributed by atoms with E-state index in [-0.39, 0.29) is 5.91 Å². The van der Waals surface area contributed by atoms with Gasteiger partial charge in [-0.2, -0.15) is 10.1 Å². The highest BCUT2D eigenvalue weighted by Gasteiger charge is 2.33. The second-order valence-corrected chi connectivity index (χ2v) is 6.98. The number of amides is 1. The fraction of sp³-hybridized carbons (Fsp3) is 0.238. The van der Waals surface area contributed by atoms with Crippen LogP contribution in [0.2, 0.25) is 0 Å². The highest BCUT2D eigenvalue weighted by molar-refractivity contribution is 6.07. The summed E-state index contributed by atoms with van der Waals surface area (Å²) < 4.78 is 12.7. The van der Waals surface area contributed by atoms with Gasteiger partial charge in [0.05, 0.1) is 25.0 Å². The number of rotatable bonds is 3. The van der Waals surface area contributed by atoms with Crippen molar-refractivity contribution in [2.75, 3.05) is 19.8 Å². The lowest BCUT2D eigenvalue weighted by Gasteiger charge is -2.34. The van der Waals surface area contributed by atoms with Gasteiger partial charge >= 0.3 is 0 Å². The average molecular weight is 389 g/mol. The summed E-state index contributed by atoms with van der Waals surface area (Å²) in [5.74, 6) is 0.733. The van der Waals surface area contributed by atoms with E-state index in [4.69, 9.17) is 9.26 Å². The van der Waals surface area contributed by atoms with Gasteiger partial charge in [-0.1, -0.05) is 41.6 Å². The summed E-state index contributed by atoms with van der Waals surface area (Å²) in [6.45, 7) is 1.26. The Morgan fingerprint density at radius 1 is 1.17 bits per heavy atom. The molecule has 8 heteroatoms. The van der Waals surface area contributed by atoms with Crippen molar-refractivity contribution in [2.45, 2.75) is 6.04 Å². The summed E-state index contributed by atoms with van der Waals surface area (Å²) in [5, 5.41) is 10.2. The Hall–Kier alpha value is -3.52. The molecule has 1 aliphatic rings. The molecular weight excluding hydrogens is 370 g/mol. The van der Waals surface area contributed by atoms with Crippen LogP contribution in [-0.4, -0.2) is 50.5 Å². The molecule has 1 atom stereocenters. The molecule has 2 aromatic carbocycles. The number of nitrogens with zero attached hydrogens (tertiary/aromatic N) is 5. The number of ether oxygens (including phenoxy) is 1. The van der Waals surface area contributed by atoms with Crippen molar-refractivity contribution < 1.29 is 14.1 Å². The Morgan fingerprint density at radius 2 is 2.03 bits per heavy atom. The van der Waals surface area contributed by atoms with Crippen molar-refractivity contribution in [3.63, 3.8) is 0 Å². The smallest absolute Gasteiger partial charge is 0.261 e. The van der Waals surface area contributed by atoms with Gasteiger partial charge < -0.3 is 14.2 Å². The molecule has 29 heavy (non-hydrogen) atoms. The fourth-order valence-electron chi connectivity index (χ4n) is 3.65. The maximum Gasteiger partial charge on any atom is 0.261 e. The third kappa shape index (κ3) is 3.17. The first-order valence-corrected chi connectivity index (χ1v) is 9.40. The van der Waals surface area contributed by atoms with Gasteiger partial charge in [0, 0.05) is 25.4 Å². The third-order valence-electron chi connectivity index (χ3n) is 5.10. The maximum atomic E-state index is 13.4. The minimum absolute atomic E-state index is 0.0668. The van der Waals surface area contributed by atoms with Crippen molar-refractivity contribution in [3.05, 3.63) is 66.2 Å². The minimum atomic E-state index is -0.413. The van der Waals surface area contributed by atoms with Crippen LogP contribution in [0.25, 0.3) is 22.2 Å². The number of aromatic nitrogens is 4. The molecule has 146 valence electrons. The number of hydrogen-bond donors (Lipinski definition) is 0. The normalized spacial score (nSPS) is 17.0. The molecule has 0 aliphatic carbocycles. The van der Waals surface area contributed by atoms with Crippen molar-refractivity contribution in [3.8, 4) is 11.5 Å². The van der Waals surface area contributed by atoms with Gasteiger partial charge in [-0.15, -0.1) is 0 Å². The summed E-state index contributed by atoms with van der Waals surface area (Å²) in [6, 6.07) is 13.2. The summed E-state index contributed by atoms with van der Waals surface area (Å²) in [7, 11) is 1.82. The molecule has 5 rings (SSSR count). The number of fused-ring (bicyclic) bond motifs is 1. The standard InChI is InChI=1S/C21H19N5O3/c1-25-12-15(11-22-25)20-23-19(24-29-20)18-13-28-10-9-26(18)21(27)17-8-4-6-14-5-2-3-7-16(14)17/h2-8,11-12,18H,9-10,13H2,1H3. The Bertz CT molecular complexity index is 1180. The monoisotopic (exact) mass is 389 g/mol. The molecular formula is C21H19N5O3. The van der Waals surface area contributed by atoms with E-state index >= 15 is 0 Å². The molecule has 1 aliphatic heterocycles. The molecule has 1 unspecified atom stereocenters. The molecule has 4 aromatic rings. The van der Waals surface area contributed by atoms with Crippen molar-refractivity contribution in [2.24, 2.45) is 7.05 Å². The first-order chi connectivity index (χ1) is 14.2. The molecule has 1 fully saturated rings. The molecule has 2 aromatic heterocycles. The average Bonchev–Trinajstić information content (AvgIpc) is 3.42. The van der Waals surface area contributed by atoms with Crippen molar-refractivity contribution in [1.29, 1.82) is 0 Å². The largest absolute Gasteiger partial charge is 0.377 e. The third-order valence-corrected chi connectivity index (χ3v) is 5.10. The topological polar surface area (TPSA) is 86.3 Å². The SMILES string of the molecule is Cn1cc(-c2nc(C3COCCN3C(=O)c3cccc4ccccc34)no2)cn1. The number of carbonyl (C=O) groups is 1. The van der Waals surface area contributed by atoms with Gasteiger partial charge in [0.25, 0.3) is 11.8 Å². The quantitative estimate of drug-likeness (QED) is 0.536. The zero-order valence-corrected chi connectivity index (χ0v) is 15.9. The molecule has 1 saturated heterocycles. The van der Waals surface area contributed by atoms with Crippen LogP contribution in [0, 0.1) is 0 Å². The molecule has 0 N–H and O–H groups in total. The van der Waals surface area contributed by atoms with Crippen LogP contribution >= 0.6 is 0 Å². The highest BCUT2D eigenvalue weighted by Crippen LogP contribution is 2.28. The molecule has 0 saturated carbocycles. The highest BCUT2D eigenvalue weighted by atomic mass is 16.5. The molecule has 0 spiro atoms. The number of benzene rings is 2. The Kier molecular flexibility index (Phi) is 4.33. The molecule has 0 bridgehead atoms. The van der Waals surface area contributed by atoms with Gasteiger partial charge in [-0.05, 0) is 16.8 Å². The summed E-state index contributed by atoms with van der Waals surface area (Å²) in [4.78, 5) is 19.7. The van der Waals surface area contributed by atoms with Crippen molar-refractivity contribution in [1.82, 2.24) is 24.8 Å². The van der Waals surface area contributed by atoms with Gasteiger partial charge in [-0.25, -0.2) is 0 Å². The van der Waals surface area contributed by atoms with Crippen LogP contribution < -0.4 is 0 Å². The number of morpholine rings is 1. The minimum Gasteiger partial charge on any atom is -0.377 e. The summed E-state index contributed by atoms with van der Waals surface area (Å²) in [6.07, 6.45) is 3.46. The van der Waals surface area contributed by atoms with Gasteiger partial charge in [0.2, 0.25) is 0 Å². The first-order valence-electron chi connectivity index (χ1n) is 9.40. The number of aryl methyl sites for hydroxylation is 1. The van der Waals surface area contributed by atoms with Crippen LogP contribution in [0.1, 0.15) is 22.2 Å². The van der Waals surface area contributed by atoms with Crippen molar-refractivity contribution >= 4 is 16.7 Å². The lowest BCUT2D eigenvalue weighted by atomic mass is 10.0. The van der Waals surface area contributed by atoms with Crippen LogP contribution in [0.5, 0.6) is 0 Å². The summed E-state index contributed by atoms with van der Waals surface area (Å²) in [5.41, 5.74) is 1.39. The Morgan fingerprint density at radius 3 is 2.90 bits per heavy atom. The lowest BCUT2D eigenvalue weighted by Crippen LogP contribution is -2.43. The lowest BCUT2D eigenvalue weighted by molar-refractivity contribution is -0.00566. The van der Waals surface area contributed by atoms with E-state index in [9.17, 15) is 4.79 Å². The van der Waals surface area contributed by atoms with E-state index in [1.165, 1.54) is 0 Å². The van der Waals surface area contributed by atoms with E-state index in [2.05, 4.69) is 15.2 Å². The van der Waals surface area contributed by atoms with Gasteiger partial charge in [0.1, 0.15) is 6.04 Å². The molecule has 3 heterocycles. The maximum absolute atomic E-state index is 13.4. The fourth-order valence-corrected chi connectivity index (χ4v) is 3.65. The predicted molar refractivity (Wildman–Crippen MR) is 105 cm³/mol. The van der Waals surface area contributed by atoms with Crippen LogP contribution in [-0.2, 0) is 11.8 Å². The summed E-state index contributed by atoms with van der Waals surface area (Å²) >= 11 is 0. The second kappa shape index (κ2) is 7.14. The second-order valence-electron chi connectivity index (χ2n) is 6.98. The zero-order valence-electron chi connectivity index (χ0n) is 15.9.